The molecule has 0 aromatic carbocycles. The number of halogens is 1. The molecule has 0 saturated heterocycles. The van der Waals surface area contributed by atoms with Gasteiger partial charge in [-0.2, -0.15) is 4.39 Å². The third kappa shape index (κ3) is 2.92. The Labute approximate surface area is 174 Å². The molecule has 160 valence electrons. The average molecular weight is 403 g/mol. The highest BCUT2D eigenvalue weighted by molar-refractivity contribution is 5.87. The summed E-state index contributed by atoms with van der Waals surface area (Å²) in [5, 5.41) is 0. The second-order valence-corrected chi connectivity index (χ2v) is 9.98. The van der Waals surface area contributed by atoms with Crippen LogP contribution in [0.3, 0.4) is 0 Å². The van der Waals surface area contributed by atoms with Crippen molar-refractivity contribution in [2.75, 3.05) is 13.7 Å². The Kier molecular flexibility index (Phi) is 5.19. The molecule has 0 amide bonds. The monoisotopic (exact) mass is 402 g/mol. The van der Waals surface area contributed by atoms with Crippen LogP contribution in [0.4, 0.5) is 4.39 Å². The summed E-state index contributed by atoms with van der Waals surface area (Å²) >= 11 is 0. The van der Waals surface area contributed by atoms with E-state index in [1.807, 2.05) is 0 Å². The first kappa shape index (κ1) is 20.7. The molecule has 0 heterocycles. The first-order chi connectivity index (χ1) is 13.8. The van der Waals surface area contributed by atoms with E-state index in [9.17, 15) is 9.18 Å². The highest BCUT2D eigenvalue weighted by Gasteiger charge is 2.59. The Morgan fingerprint density at radius 3 is 2.72 bits per heavy atom. The van der Waals surface area contributed by atoms with Crippen molar-refractivity contribution in [1.29, 1.82) is 0 Å². The lowest BCUT2D eigenvalue weighted by atomic mass is 9.46. The topological polar surface area (TPSA) is 35.5 Å². The molecule has 0 aromatic heterocycles. The number of carbonyl (C=O) groups excluding carboxylic acids is 1. The molecule has 0 spiro atoms. The zero-order chi connectivity index (χ0) is 21.0. The molecule has 4 aliphatic rings. The van der Waals surface area contributed by atoms with Crippen LogP contribution in [-0.2, 0) is 14.3 Å². The van der Waals surface area contributed by atoms with Gasteiger partial charge in [-0.25, -0.2) is 4.79 Å². The lowest BCUT2D eigenvalue weighted by Crippen LogP contribution is -2.50. The van der Waals surface area contributed by atoms with Crippen LogP contribution in [0.5, 0.6) is 0 Å². The predicted octanol–water partition coefficient (Wildman–Crippen LogP) is 6.12. The second kappa shape index (κ2) is 7.28. The number of methoxy groups -OCH3 is 1. The molecule has 0 bridgehead atoms. The molecule has 3 nitrogen and oxygen atoms in total. The van der Waals surface area contributed by atoms with E-state index in [1.165, 1.54) is 5.57 Å². The van der Waals surface area contributed by atoms with Crippen molar-refractivity contribution in [1.82, 2.24) is 0 Å². The van der Waals surface area contributed by atoms with Gasteiger partial charge in [0.1, 0.15) is 0 Å². The standard InChI is InChI=1S/C25H35FO3/c1-6-29-23(27)22(26)21-10-9-19-18-8-7-16-14-17(28-5)13-15(2)25(16,4)20(18)11-12-24(19,21)3/h7,14-15,18-20H,6,8-13H2,1-5H3/t15-,18-,19-,20-,24-,25-/m0/s1. The van der Waals surface area contributed by atoms with Crippen LogP contribution < -0.4 is 0 Å². The number of rotatable bonds is 3. The fraction of sp³-hybridized carbons (Fsp3) is 0.720. The highest BCUT2D eigenvalue weighted by Crippen LogP contribution is 2.67. The van der Waals surface area contributed by atoms with Gasteiger partial charge in [-0.1, -0.05) is 26.8 Å². The zero-order valence-electron chi connectivity index (χ0n) is 18.5. The molecule has 0 radical (unpaired) electrons. The van der Waals surface area contributed by atoms with E-state index < -0.39 is 11.8 Å². The minimum absolute atomic E-state index is 0.151. The number of hydrogen-bond donors (Lipinski definition) is 0. The molecule has 0 aromatic rings. The third-order valence-electron chi connectivity index (χ3n) is 9.05. The van der Waals surface area contributed by atoms with E-state index in [2.05, 4.69) is 32.9 Å². The van der Waals surface area contributed by atoms with Crippen LogP contribution in [0, 0.1) is 34.5 Å². The Hall–Kier alpha value is -1.58. The molecule has 4 aliphatic carbocycles. The van der Waals surface area contributed by atoms with Crippen LogP contribution >= 0.6 is 0 Å². The van der Waals surface area contributed by atoms with Crippen molar-refractivity contribution in [3.63, 3.8) is 0 Å². The van der Waals surface area contributed by atoms with Gasteiger partial charge in [0.05, 0.1) is 19.5 Å². The minimum atomic E-state index is -0.776. The Balaban J connectivity index is 1.68. The molecule has 0 N–H and O–H groups in total. The smallest absolute Gasteiger partial charge is 0.367 e. The van der Waals surface area contributed by atoms with Crippen LogP contribution in [0.15, 0.2) is 34.9 Å². The lowest BCUT2D eigenvalue weighted by molar-refractivity contribution is -0.140. The average Bonchev–Trinajstić information content (AvgIpc) is 3.05. The summed E-state index contributed by atoms with van der Waals surface area (Å²) in [6.45, 7) is 8.93. The van der Waals surface area contributed by atoms with E-state index in [0.29, 0.717) is 30.1 Å². The summed E-state index contributed by atoms with van der Waals surface area (Å²) in [6, 6.07) is 0. The van der Waals surface area contributed by atoms with E-state index >= 15 is 0 Å². The number of hydrogen-bond acceptors (Lipinski definition) is 3. The summed E-state index contributed by atoms with van der Waals surface area (Å²) < 4.78 is 25.5. The molecule has 2 fully saturated rings. The van der Waals surface area contributed by atoms with E-state index in [1.54, 1.807) is 14.0 Å². The van der Waals surface area contributed by atoms with Crippen molar-refractivity contribution in [3.05, 3.63) is 34.9 Å². The summed E-state index contributed by atoms with van der Waals surface area (Å²) in [7, 11) is 1.77. The van der Waals surface area contributed by atoms with Crippen molar-refractivity contribution in [2.24, 2.45) is 34.5 Å². The van der Waals surface area contributed by atoms with Gasteiger partial charge < -0.3 is 9.47 Å². The molecule has 4 rings (SSSR count). The Morgan fingerprint density at radius 1 is 1.28 bits per heavy atom. The number of fused-ring (bicyclic) bond motifs is 5. The molecule has 0 aliphatic heterocycles. The fourth-order valence-electron chi connectivity index (χ4n) is 7.30. The van der Waals surface area contributed by atoms with Crippen molar-refractivity contribution < 1.29 is 18.7 Å². The second-order valence-electron chi connectivity index (χ2n) is 9.98. The number of esters is 1. The summed E-state index contributed by atoms with van der Waals surface area (Å²) in [5.41, 5.74) is 2.09. The van der Waals surface area contributed by atoms with Crippen molar-refractivity contribution in [2.45, 2.75) is 66.2 Å². The SMILES string of the molecule is CCOC(=O)C(F)=C1CC[C@H]2[C@@H]3CC=C4C=C(OC)C[C@H](C)[C@]4(C)[C@H]3CC[C@]12C. The van der Waals surface area contributed by atoms with Crippen LogP contribution in [0.25, 0.3) is 0 Å². The van der Waals surface area contributed by atoms with Gasteiger partial charge in [0.2, 0.25) is 5.83 Å². The summed E-state index contributed by atoms with van der Waals surface area (Å²) in [6.07, 6.45) is 10.4. The van der Waals surface area contributed by atoms with Crippen LogP contribution in [0.2, 0.25) is 0 Å². The van der Waals surface area contributed by atoms with E-state index in [0.717, 1.165) is 43.4 Å². The van der Waals surface area contributed by atoms with E-state index in [4.69, 9.17) is 9.47 Å². The quantitative estimate of drug-likeness (QED) is 0.421. The fourth-order valence-corrected chi connectivity index (χ4v) is 7.30. The maximum Gasteiger partial charge on any atom is 0.367 e. The first-order valence-electron chi connectivity index (χ1n) is 11.3. The van der Waals surface area contributed by atoms with Crippen molar-refractivity contribution in [3.8, 4) is 0 Å². The van der Waals surface area contributed by atoms with Gasteiger partial charge in [0, 0.05) is 6.42 Å². The highest BCUT2D eigenvalue weighted by atomic mass is 19.1. The normalized spacial score (nSPS) is 42.7. The lowest BCUT2D eigenvalue weighted by Gasteiger charge is -2.58. The molecule has 4 heteroatoms. The third-order valence-corrected chi connectivity index (χ3v) is 9.05. The molecule has 29 heavy (non-hydrogen) atoms. The van der Waals surface area contributed by atoms with E-state index in [-0.39, 0.29) is 17.4 Å². The van der Waals surface area contributed by atoms with Gasteiger partial charge in [0.15, 0.2) is 0 Å². The van der Waals surface area contributed by atoms with Crippen molar-refractivity contribution >= 4 is 5.97 Å². The minimum Gasteiger partial charge on any atom is -0.501 e. The van der Waals surface area contributed by atoms with Gasteiger partial charge in [-0.05, 0) is 90.8 Å². The molecule has 2 saturated carbocycles. The summed E-state index contributed by atoms with van der Waals surface area (Å²) in [4.78, 5) is 12.1. The van der Waals surface area contributed by atoms with Crippen LogP contribution in [-0.4, -0.2) is 19.7 Å². The maximum atomic E-state index is 15.0. The van der Waals surface area contributed by atoms with Crippen LogP contribution in [0.1, 0.15) is 66.2 Å². The predicted molar refractivity (Wildman–Crippen MR) is 111 cm³/mol. The Morgan fingerprint density at radius 2 is 2.03 bits per heavy atom. The van der Waals surface area contributed by atoms with Gasteiger partial charge in [-0.15, -0.1) is 0 Å². The number of ether oxygens (including phenoxy) is 2. The number of allylic oxidation sites excluding steroid dienone is 5. The summed E-state index contributed by atoms with van der Waals surface area (Å²) in [5.74, 6) is 1.81. The maximum absolute atomic E-state index is 15.0. The van der Waals surface area contributed by atoms with Gasteiger partial charge in [-0.3, -0.25) is 0 Å². The van der Waals surface area contributed by atoms with Gasteiger partial charge >= 0.3 is 5.97 Å². The first-order valence-corrected chi connectivity index (χ1v) is 11.3. The number of carbonyl (C=O) groups is 1. The molecular weight excluding hydrogens is 367 g/mol. The molecule has 0 unspecified atom stereocenters. The largest absolute Gasteiger partial charge is 0.501 e. The zero-order valence-corrected chi connectivity index (χ0v) is 18.5. The Bertz CT molecular complexity index is 794. The molecular formula is C25H35FO3. The van der Waals surface area contributed by atoms with Gasteiger partial charge in [0.25, 0.3) is 0 Å². The molecule has 6 atom stereocenters.